The van der Waals surface area contributed by atoms with E-state index in [-0.39, 0.29) is 56.9 Å². The molecule has 4 amide bonds. The first kappa shape index (κ1) is 44.3. The number of aromatic hydroxyl groups is 2. The molecule has 1 unspecified atom stereocenters. The maximum atomic E-state index is 16.5. The van der Waals surface area contributed by atoms with Crippen LogP contribution in [0.1, 0.15) is 109 Å². The van der Waals surface area contributed by atoms with E-state index in [2.05, 4.69) is 10.6 Å². The molecule has 22 heteroatoms. The summed E-state index contributed by atoms with van der Waals surface area (Å²) in [5.41, 5.74) is -5.51. The molecule has 4 N–H and O–H groups in total. The van der Waals surface area contributed by atoms with Crippen LogP contribution in [0.3, 0.4) is 0 Å². The average Bonchev–Trinajstić information content (AvgIpc) is 3.44. The topological polar surface area (TPSA) is 190 Å². The lowest BCUT2D eigenvalue weighted by Crippen LogP contribution is -2.54. The summed E-state index contributed by atoms with van der Waals surface area (Å²) >= 11 is 12.1. The number of aromatic nitrogens is 2. The highest BCUT2D eigenvalue weighted by atomic mass is 35.5. The SMILES string of the molecule is O=C(NCc1c(F)ccc(Cl)c1F)c1cn2c(c(O)c1=O)C(=O)N1CCC(c3cc(Cl)c(F)c(CNC(=O)c4cn5c(c(O)c4=O)C(=O)N4CCCCCCN5C4)c3F)CCCN2C1. The molecule has 4 aliphatic heterocycles. The normalized spacial score (nSPS) is 17.6. The molecule has 4 bridgehead atoms. The zero-order valence-corrected chi connectivity index (χ0v) is 35.4. The van der Waals surface area contributed by atoms with Crippen LogP contribution in [0.2, 0.25) is 10.0 Å². The lowest BCUT2D eigenvalue weighted by molar-refractivity contribution is 0.0679. The van der Waals surface area contributed by atoms with Crippen molar-refractivity contribution in [2.75, 3.05) is 49.5 Å². The average molecular weight is 932 g/mol. The first-order chi connectivity index (χ1) is 30.6. The highest BCUT2D eigenvalue weighted by molar-refractivity contribution is 6.31. The second-order valence-electron chi connectivity index (χ2n) is 16.0. The quantitative estimate of drug-likeness (QED) is 0.153. The summed E-state index contributed by atoms with van der Waals surface area (Å²) in [5, 5.41) is 29.0. The molecule has 4 aromatic rings. The molecule has 16 nitrogen and oxygen atoms in total. The number of nitrogens with one attached hydrogen (secondary N) is 2. The number of hydrogen-bond acceptors (Lipinski definition) is 10. The molecular weight excluding hydrogens is 891 g/mol. The molecule has 2 fully saturated rings. The van der Waals surface area contributed by atoms with Gasteiger partial charge in [-0.2, -0.15) is 0 Å². The zero-order chi connectivity index (χ0) is 45.7. The Labute approximate surface area is 371 Å². The fourth-order valence-electron chi connectivity index (χ4n) is 8.63. The highest BCUT2D eigenvalue weighted by Crippen LogP contribution is 2.36. The summed E-state index contributed by atoms with van der Waals surface area (Å²) < 4.78 is 63.3. The summed E-state index contributed by atoms with van der Waals surface area (Å²) in [6, 6.07) is 3.02. The van der Waals surface area contributed by atoms with Gasteiger partial charge in [0.25, 0.3) is 23.6 Å². The van der Waals surface area contributed by atoms with Gasteiger partial charge in [0.2, 0.25) is 10.9 Å². The molecule has 1 atom stereocenters. The van der Waals surface area contributed by atoms with Crippen LogP contribution in [0.15, 0.2) is 40.2 Å². The number of fused-ring (bicyclic) bond motifs is 8. The van der Waals surface area contributed by atoms with Gasteiger partial charge in [0.05, 0.1) is 10.0 Å². The van der Waals surface area contributed by atoms with Gasteiger partial charge >= 0.3 is 0 Å². The summed E-state index contributed by atoms with van der Waals surface area (Å²) in [5.74, 6) is -10.5. The van der Waals surface area contributed by atoms with Crippen LogP contribution < -0.4 is 31.5 Å². The molecule has 2 aromatic carbocycles. The van der Waals surface area contributed by atoms with Gasteiger partial charge in [-0.1, -0.05) is 36.0 Å². The number of pyridine rings is 2. The Kier molecular flexibility index (Phi) is 12.3. The third-order valence-electron chi connectivity index (χ3n) is 12.1. The van der Waals surface area contributed by atoms with Gasteiger partial charge in [-0.15, -0.1) is 0 Å². The van der Waals surface area contributed by atoms with Crippen LogP contribution in [0, 0.1) is 23.3 Å². The number of halogens is 6. The predicted molar refractivity (Wildman–Crippen MR) is 223 cm³/mol. The van der Waals surface area contributed by atoms with Crippen molar-refractivity contribution in [2.24, 2.45) is 0 Å². The number of carbonyl (C=O) groups excluding carboxylic acids is 4. The Hall–Kier alpha value is -6.28. The fourth-order valence-corrected chi connectivity index (χ4v) is 9.04. The molecule has 0 radical (unpaired) electrons. The minimum absolute atomic E-state index is 0.0281. The number of hydrogen-bond donors (Lipinski definition) is 4. The number of rotatable bonds is 7. The van der Waals surface area contributed by atoms with E-state index in [4.69, 9.17) is 23.2 Å². The van der Waals surface area contributed by atoms with Crippen LogP contribution in [-0.4, -0.2) is 92.5 Å². The van der Waals surface area contributed by atoms with E-state index in [1.54, 1.807) is 10.0 Å². The van der Waals surface area contributed by atoms with Gasteiger partial charge in [0.15, 0.2) is 22.9 Å². The summed E-state index contributed by atoms with van der Waals surface area (Å²) in [7, 11) is 0. The first-order valence-corrected chi connectivity index (χ1v) is 21.2. The van der Waals surface area contributed by atoms with Crippen molar-refractivity contribution in [1.29, 1.82) is 0 Å². The number of benzene rings is 2. The molecule has 2 aromatic heterocycles. The van der Waals surface area contributed by atoms with Crippen LogP contribution >= 0.6 is 23.2 Å². The standard InChI is InChI=1S/C42H40Cl2F4N8O8/c43-27-7-8-29(45)23(31(27)47)15-49-39(61)25-18-56-34(38(60)35(25)57)42(64)52-13-9-21(6-5-12-54(56)20-52)22-14-28(44)32(48)24(30(22)46)16-50-40(62)26-17-55-33(37(59)36(26)58)41(63)51-10-3-1-2-4-11-53(55)19-51/h7-8,14,17-18,21,59-60H,1-6,9-13,15-16,19-20H2,(H,49,61)(H,50,62). The number of nitrogens with zero attached hydrogens (tertiary/aromatic N) is 6. The van der Waals surface area contributed by atoms with Gasteiger partial charge in [0, 0.05) is 62.8 Å². The highest BCUT2D eigenvalue weighted by Gasteiger charge is 2.37. The van der Waals surface area contributed by atoms with E-state index in [0.29, 0.717) is 13.1 Å². The molecule has 0 saturated carbocycles. The Morgan fingerprint density at radius 3 is 1.75 bits per heavy atom. The van der Waals surface area contributed by atoms with Gasteiger partial charge < -0.3 is 30.6 Å². The molecule has 0 aliphatic carbocycles. The van der Waals surface area contributed by atoms with E-state index in [1.165, 1.54) is 14.5 Å². The maximum Gasteiger partial charge on any atom is 0.277 e. The smallest absolute Gasteiger partial charge is 0.277 e. The molecule has 8 rings (SSSR count). The number of carbonyl (C=O) groups is 4. The van der Waals surface area contributed by atoms with Gasteiger partial charge in [-0.3, -0.25) is 48.1 Å². The van der Waals surface area contributed by atoms with E-state index in [9.17, 15) is 47.8 Å². The summed E-state index contributed by atoms with van der Waals surface area (Å²) in [6.45, 7) is -0.430. The van der Waals surface area contributed by atoms with E-state index < -0.39 is 126 Å². The van der Waals surface area contributed by atoms with Crippen LogP contribution in [0.4, 0.5) is 17.6 Å². The van der Waals surface area contributed by atoms with Gasteiger partial charge in [-0.05, 0) is 61.8 Å². The lowest BCUT2D eigenvalue weighted by Gasteiger charge is -2.39. The molecule has 0 spiro atoms. The summed E-state index contributed by atoms with van der Waals surface area (Å²) in [6.07, 6.45) is 6.07. The van der Waals surface area contributed by atoms with Crippen molar-refractivity contribution in [2.45, 2.75) is 64.0 Å². The largest absolute Gasteiger partial charge is 0.502 e. The predicted octanol–water partition coefficient (Wildman–Crippen LogP) is 4.39. The second kappa shape index (κ2) is 17.7. The summed E-state index contributed by atoms with van der Waals surface area (Å²) in [4.78, 5) is 83.1. The minimum atomic E-state index is -1.22. The van der Waals surface area contributed by atoms with Crippen molar-refractivity contribution in [1.82, 2.24) is 29.8 Å². The van der Waals surface area contributed by atoms with E-state index in [0.717, 1.165) is 61.0 Å². The molecule has 6 heterocycles. The Balaban J connectivity index is 1.01. The Morgan fingerprint density at radius 1 is 0.641 bits per heavy atom. The van der Waals surface area contributed by atoms with Crippen molar-refractivity contribution >= 4 is 46.8 Å². The zero-order valence-electron chi connectivity index (χ0n) is 33.9. The van der Waals surface area contributed by atoms with Gasteiger partial charge in [0.1, 0.15) is 47.7 Å². The Morgan fingerprint density at radius 2 is 1.16 bits per heavy atom. The van der Waals surface area contributed by atoms with E-state index in [1.807, 2.05) is 0 Å². The molecule has 64 heavy (non-hydrogen) atoms. The third kappa shape index (κ3) is 7.97. The van der Waals surface area contributed by atoms with Crippen LogP contribution in [0.25, 0.3) is 0 Å². The van der Waals surface area contributed by atoms with E-state index >= 15 is 8.78 Å². The van der Waals surface area contributed by atoms with Crippen LogP contribution in [0.5, 0.6) is 11.5 Å². The lowest BCUT2D eigenvalue weighted by atomic mass is 9.89. The maximum absolute atomic E-state index is 16.5. The second-order valence-corrected chi connectivity index (χ2v) is 16.8. The monoisotopic (exact) mass is 930 g/mol. The van der Waals surface area contributed by atoms with Crippen molar-refractivity contribution < 1.29 is 47.0 Å². The fraction of sp³-hybridized carbons (Fsp3) is 0.381. The van der Waals surface area contributed by atoms with Crippen LogP contribution in [-0.2, 0) is 13.1 Å². The molecule has 338 valence electrons. The minimum Gasteiger partial charge on any atom is -0.502 e. The molecule has 4 aliphatic rings. The first-order valence-electron chi connectivity index (χ1n) is 20.5. The van der Waals surface area contributed by atoms with Crippen molar-refractivity contribution in [3.63, 3.8) is 0 Å². The number of amides is 4. The van der Waals surface area contributed by atoms with Gasteiger partial charge in [-0.25, -0.2) is 17.6 Å². The molecular formula is C42H40Cl2F4N8O8. The third-order valence-corrected chi connectivity index (χ3v) is 12.7. The van der Waals surface area contributed by atoms with Crippen molar-refractivity contribution in [3.05, 3.63) is 124 Å². The van der Waals surface area contributed by atoms with Crippen molar-refractivity contribution in [3.8, 4) is 11.5 Å². The Bertz CT molecular complexity index is 2750. The molecule has 2 saturated heterocycles.